The summed E-state index contributed by atoms with van der Waals surface area (Å²) in [4.78, 5) is 15.3. The average molecular weight is 221 g/mol. The lowest BCUT2D eigenvalue weighted by Crippen LogP contribution is -2.28. The fourth-order valence-electron chi connectivity index (χ4n) is 1.44. The van der Waals surface area contributed by atoms with Crippen LogP contribution in [0.1, 0.15) is 31.9 Å². The SMILES string of the molecule is CCNC(=O)CCN[C@@H](C)c1cccnc1. The van der Waals surface area contributed by atoms with Crippen molar-refractivity contribution >= 4 is 5.91 Å². The van der Waals surface area contributed by atoms with Crippen LogP contribution >= 0.6 is 0 Å². The van der Waals surface area contributed by atoms with Crippen LogP contribution in [0.25, 0.3) is 0 Å². The standard InChI is InChI=1S/C12H19N3O/c1-3-14-12(16)6-8-15-10(2)11-5-4-7-13-9-11/h4-5,7,9-10,15H,3,6,8H2,1-2H3,(H,14,16)/t10-/m0/s1. The van der Waals surface area contributed by atoms with Crippen LogP contribution in [0.15, 0.2) is 24.5 Å². The van der Waals surface area contributed by atoms with Crippen molar-refractivity contribution in [1.29, 1.82) is 0 Å². The first-order valence-corrected chi connectivity index (χ1v) is 5.64. The monoisotopic (exact) mass is 221 g/mol. The summed E-state index contributed by atoms with van der Waals surface area (Å²) < 4.78 is 0. The van der Waals surface area contributed by atoms with Gasteiger partial charge in [0.25, 0.3) is 0 Å². The van der Waals surface area contributed by atoms with Crippen molar-refractivity contribution in [3.8, 4) is 0 Å². The van der Waals surface area contributed by atoms with Crippen LogP contribution < -0.4 is 10.6 Å². The second-order valence-corrected chi connectivity index (χ2v) is 3.67. The van der Waals surface area contributed by atoms with Gasteiger partial charge in [0.05, 0.1) is 0 Å². The minimum Gasteiger partial charge on any atom is -0.356 e. The first-order chi connectivity index (χ1) is 7.74. The number of hydrogen-bond donors (Lipinski definition) is 2. The van der Waals surface area contributed by atoms with Crippen LogP contribution in [-0.2, 0) is 4.79 Å². The molecule has 0 saturated heterocycles. The van der Waals surface area contributed by atoms with Gasteiger partial charge in [-0.3, -0.25) is 9.78 Å². The van der Waals surface area contributed by atoms with Gasteiger partial charge < -0.3 is 10.6 Å². The summed E-state index contributed by atoms with van der Waals surface area (Å²) in [6, 6.07) is 4.16. The maximum Gasteiger partial charge on any atom is 0.221 e. The molecule has 1 amide bonds. The zero-order valence-electron chi connectivity index (χ0n) is 9.86. The molecule has 0 unspecified atom stereocenters. The van der Waals surface area contributed by atoms with Crippen LogP contribution in [0.2, 0.25) is 0 Å². The number of amides is 1. The van der Waals surface area contributed by atoms with E-state index in [4.69, 9.17) is 0 Å². The molecule has 0 bridgehead atoms. The van der Waals surface area contributed by atoms with Gasteiger partial charge in [-0.1, -0.05) is 6.07 Å². The fraction of sp³-hybridized carbons (Fsp3) is 0.500. The number of nitrogens with one attached hydrogen (secondary N) is 2. The number of pyridine rings is 1. The van der Waals surface area contributed by atoms with E-state index in [-0.39, 0.29) is 11.9 Å². The first-order valence-electron chi connectivity index (χ1n) is 5.64. The van der Waals surface area contributed by atoms with E-state index in [0.29, 0.717) is 19.5 Å². The second kappa shape index (κ2) is 6.95. The predicted molar refractivity (Wildman–Crippen MR) is 64.0 cm³/mol. The van der Waals surface area contributed by atoms with E-state index in [1.165, 1.54) is 0 Å². The Kier molecular flexibility index (Phi) is 5.50. The van der Waals surface area contributed by atoms with E-state index in [1.54, 1.807) is 6.20 Å². The lowest BCUT2D eigenvalue weighted by molar-refractivity contribution is -0.120. The molecule has 0 fully saturated rings. The van der Waals surface area contributed by atoms with Crippen LogP contribution in [-0.4, -0.2) is 24.0 Å². The van der Waals surface area contributed by atoms with Crippen molar-refractivity contribution in [2.45, 2.75) is 26.3 Å². The summed E-state index contributed by atoms with van der Waals surface area (Å²) in [6.45, 7) is 5.36. The van der Waals surface area contributed by atoms with Gasteiger partial charge in [0.2, 0.25) is 5.91 Å². The molecule has 0 aliphatic carbocycles. The summed E-state index contributed by atoms with van der Waals surface area (Å²) in [5.74, 6) is 0.0911. The molecule has 88 valence electrons. The van der Waals surface area contributed by atoms with Gasteiger partial charge in [-0.2, -0.15) is 0 Å². The molecule has 0 aromatic carbocycles. The minimum absolute atomic E-state index is 0.0911. The Hall–Kier alpha value is -1.42. The third-order valence-electron chi connectivity index (χ3n) is 2.36. The Bertz CT molecular complexity index is 313. The molecule has 2 N–H and O–H groups in total. The quantitative estimate of drug-likeness (QED) is 0.760. The molecule has 0 aliphatic rings. The van der Waals surface area contributed by atoms with E-state index in [2.05, 4.69) is 22.5 Å². The Labute approximate surface area is 96.5 Å². The number of nitrogens with zero attached hydrogens (tertiary/aromatic N) is 1. The van der Waals surface area contributed by atoms with Gasteiger partial charge in [0.15, 0.2) is 0 Å². The smallest absolute Gasteiger partial charge is 0.221 e. The highest BCUT2D eigenvalue weighted by Gasteiger charge is 2.05. The molecule has 4 nitrogen and oxygen atoms in total. The molecular weight excluding hydrogens is 202 g/mol. The maximum atomic E-state index is 11.2. The molecule has 0 saturated carbocycles. The topological polar surface area (TPSA) is 54.0 Å². The van der Waals surface area contributed by atoms with Crippen LogP contribution in [0.5, 0.6) is 0 Å². The lowest BCUT2D eigenvalue weighted by atomic mass is 10.1. The molecule has 1 aromatic rings. The lowest BCUT2D eigenvalue weighted by Gasteiger charge is -2.13. The summed E-state index contributed by atoms with van der Waals surface area (Å²) in [5, 5.41) is 6.06. The Morgan fingerprint density at radius 2 is 2.38 bits per heavy atom. The van der Waals surface area contributed by atoms with E-state index in [9.17, 15) is 4.79 Å². The second-order valence-electron chi connectivity index (χ2n) is 3.67. The zero-order valence-corrected chi connectivity index (χ0v) is 9.86. The minimum atomic E-state index is 0.0911. The van der Waals surface area contributed by atoms with Gasteiger partial charge in [-0.15, -0.1) is 0 Å². The molecule has 16 heavy (non-hydrogen) atoms. The summed E-state index contributed by atoms with van der Waals surface area (Å²) in [5.41, 5.74) is 1.14. The fourth-order valence-corrected chi connectivity index (χ4v) is 1.44. The third-order valence-corrected chi connectivity index (χ3v) is 2.36. The van der Waals surface area contributed by atoms with Crippen molar-refractivity contribution in [2.75, 3.05) is 13.1 Å². The van der Waals surface area contributed by atoms with Crippen molar-refractivity contribution in [1.82, 2.24) is 15.6 Å². The van der Waals surface area contributed by atoms with Crippen molar-refractivity contribution in [3.05, 3.63) is 30.1 Å². The number of carbonyl (C=O) groups excluding carboxylic acids is 1. The van der Waals surface area contributed by atoms with E-state index < -0.39 is 0 Å². The van der Waals surface area contributed by atoms with E-state index in [1.807, 2.05) is 25.3 Å². The molecule has 1 atom stereocenters. The highest BCUT2D eigenvalue weighted by atomic mass is 16.1. The number of aromatic nitrogens is 1. The Morgan fingerprint density at radius 3 is 3.00 bits per heavy atom. The highest BCUT2D eigenvalue weighted by Crippen LogP contribution is 2.08. The normalized spacial score (nSPS) is 12.1. The molecule has 0 aliphatic heterocycles. The number of rotatable bonds is 6. The molecule has 1 aromatic heterocycles. The molecule has 1 heterocycles. The average Bonchev–Trinajstić information content (AvgIpc) is 2.30. The molecule has 4 heteroatoms. The van der Waals surface area contributed by atoms with Gasteiger partial charge in [0, 0.05) is 37.9 Å². The number of hydrogen-bond acceptors (Lipinski definition) is 3. The van der Waals surface area contributed by atoms with Crippen molar-refractivity contribution in [2.24, 2.45) is 0 Å². The molecule has 0 radical (unpaired) electrons. The van der Waals surface area contributed by atoms with Gasteiger partial charge in [0.1, 0.15) is 0 Å². The van der Waals surface area contributed by atoms with Crippen LogP contribution in [0.3, 0.4) is 0 Å². The van der Waals surface area contributed by atoms with Crippen LogP contribution in [0.4, 0.5) is 0 Å². The first kappa shape index (κ1) is 12.6. The van der Waals surface area contributed by atoms with Gasteiger partial charge in [-0.05, 0) is 25.5 Å². The van der Waals surface area contributed by atoms with Crippen LogP contribution in [0, 0.1) is 0 Å². The highest BCUT2D eigenvalue weighted by molar-refractivity contribution is 5.75. The third kappa shape index (κ3) is 4.40. The van der Waals surface area contributed by atoms with E-state index in [0.717, 1.165) is 5.56 Å². The molecule has 0 spiro atoms. The molecular formula is C12H19N3O. The summed E-state index contributed by atoms with van der Waals surface area (Å²) in [6.07, 6.45) is 4.10. The predicted octanol–water partition coefficient (Wildman–Crippen LogP) is 1.26. The Morgan fingerprint density at radius 1 is 1.56 bits per heavy atom. The Balaban J connectivity index is 2.26. The zero-order chi connectivity index (χ0) is 11.8. The number of carbonyl (C=O) groups is 1. The van der Waals surface area contributed by atoms with Gasteiger partial charge >= 0.3 is 0 Å². The molecule has 1 rings (SSSR count). The van der Waals surface area contributed by atoms with Crippen molar-refractivity contribution < 1.29 is 4.79 Å². The van der Waals surface area contributed by atoms with Gasteiger partial charge in [-0.25, -0.2) is 0 Å². The summed E-state index contributed by atoms with van der Waals surface area (Å²) in [7, 11) is 0. The van der Waals surface area contributed by atoms with Crippen molar-refractivity contribution in [3.63, 3.8) is 0 Å². The summed E-state index contributed by atoms with van der Waals surface area (Å²) >= 11 is 0. The largest absolute Gasteiger partial charge is 0.356 e. The van der Waals surface area contributed by atoms with E-state index >= 15 is 0 Å². The maximum absolute atomic E-state index is 11.2.